The predicted molar refractivity (Wildman–Crippen MR) is 74.5 cm³/mol. The zero-order valence-electron chi connectivity index (χ0n) is 12.1. The number of carbonyl (C=O) groups is 1. The van der Waals surface area contributed by atoms with Crippen LogP contribution in [0.1, 0.15) is 52.9 Å². The number of hydrogen-bond acceptors (Lipinski definition) is 4. The van der Waals surface area contributed by atoms with E-state index in [0.29, 0.717) is 18.3 Å². The normalized spacial score (nSPS) is 13.5. The fourth-order valence-corrected chi connectivity index (χ4v) is 2.32. The monoisotopic (exact) mass is 294 g/mol. The molecular formula is C13H26O5S. The molecule has 0 spiro atoms. The van der Waals surface area contributed by atoms with E-state index >= 15 is 0 Å². The van der Waals surface area contributed by atoms with E-state index in [1.165, 1.54) is 0 Å². The second-order valence-corrected chi connectivity index (χ2v) is 6.76. The fourth-order valence-electron chi connectivity index (χ4n) is 2.02. The van der Waals surface area contributed by atoms with Crippen molar-refractivity contribution in [2.24, 2.45) is 11.8 Å². The van der Waals surface area contributed by atoms with E-state index in [0.717, 1.165) is 25.7 Å². The molecule has 0 aliphatic rings. The van der Waals surface area contributed by atoms with E-state index in [-0.39, 0.29) is 6.61 Å². The maximum Gasteiger partial charge on any atom is 0.305 e. The summed E-state index contributed by atoms with van der Waals surface area (Å²) in [7, 11) is -4.05. The van der Waals surface area contributed by atoms with Crippen LogP contribution in [0, 0.1) is 11.8 Å². The predicted octanol–water partition coefficient (Wildman–Crippen LogP) is 2.66. The second kappa shape index (κ2) is 9.31. The van der Waals surface area contributed by atoms with E-state index in [9.17, 15) is 13.2 Å². The fraction of sp³-hybridized carbons (Fsp3) is 0.923. The summed E-state index contributed by atoms with van der Waals surface area (Å²) in [6, 6.07) is 0. The van der Waals surface area contributed by atoms with Crippen LogP contribution < -0.4 is 0 Å². The highest BCUT2D eigenvalue weighted by Crippen LogP contribution is 2.23. The van der Waals surface area contributed by atoms with Gasteiger partial charge in [-0.3, -0.25) is 9.35 Å². The van der Waals surface area contributed by atoms with Gasteiger partial charge in [0.25, 0.3) is 10.1 Å². The van der Waals surface area contributed by atoms with Gasteiger partial charge in [-0.1, -0.05) is 33.6 Å². The zero-order valence-corrected chi connectivity index (χ0v) is 12.9. The first-order valence-electron chi connectivity index (χ1n) is 6.87. The van der Waals surface area contributed by atoms with E-state index < -0.39 is 21.8 Å². The summed E-state index contributed by atoms with van der Waals surface area (Å²) in [6.07, 6.45) is 4.35. The Labute approximate surface area is 116 Å². The van der Waals surface area contributed by atoms with Crippen LogP contribution in [0.3, 0.4) is 0 Å². The van der Waals surface area contributed by atoms with Crippen molar-refractivity contribution in [2.45, 2.75) is 52.9 Å². The molecule has 19 heavy (non-hydrogen) atoms. The molecule has 0 rings (SSSR count). The van der Waals surface area contributed by atoms with Gasteiger partial charge in [0.2, 0.25) is 0 Å². The van der Waals surface area contributed by atoms with E-state index in [1.54, 1.807) is 0 Å². The van der Waals surface area contributed by atoms with Crippen molar-refractivity contribution in [1.29, 1.82) is 0 Å². The lowest BCUT2D eigenvalue weighted by molar-refractivity contribution is -0.143. The van der Waals surface area contributed by atoms with Gasteiger partial charge in [0.1, 0.15) is 12.4 Å². The van der Waals surface area contributed by atoms with Crippen molar-refractivity contribution < 1.29 is 22.5 Å². The van der Waals surface area contributed by atoms with Gasteiger partial charge in [0.15, 0.2) is 0 Å². The number of hydrogen-bond donors (Lipinski definition) is 1. The SMILES string of the molecule is CCCC(CCCC(=O)OCCS(=O)(=O)O)C(C)C. The Kier molecular flexibility index (Phi) is 9.01. The van der Waals surface area contributed by atoms with Crippen molar-refractivity contribution in [3.8, 4) is 0 Å². The lowest BCUT2D eigenvalue weighted by Gasteiger charge is -2.19. The molecule has 0 aromatic carbocycles. The first kappa shape index (κ1) is 18.4. The number of ether oxygens (including phenoxy) is 1. The Bertz CT molecular complexity index is 348. The largest absolute Gasteiger partial charge is 0.464 e. The second-order valence-electron chi connectivity index (χ2n) is 5.19. The molecule has 0 aromatic rings. The highest BCUT2D eigenvalue weighted by Gasteiger charge is 2.13. The van der Waals surface area contributed by atoms with Gasteiger partial charge in [-0.05, 0) is 24.7 Å². The minimum atomic E-state index is -4.05. The summed E-state index contributed by atoms with van der Waals surface area (Å²) < 4.78 is 34.1. The molecule has 0 fully saturated rings. The van der Waals surface area contributed by atoms with Crippen molar-refractivity contribution >= 4 is 16.1 Å². The average molecular weight is 294 g/mol. The summed E-state index contributed by atoms with van der Waals surface area (Å²) in [5.41, 5.74) is 0. The van der Waals surface area contributed by atoms with Gasteiger partial charge in [0.05, 0.1) is 0 Å². The lowest BCUT2D eigenvalue weighted by atomic mass is 9.87. The molecule has 1 atom stereocenters. The van der Waals surface area contributed by atoms with Crippen LogP contribution in [0.4, 0.5) is 0 Å². The van der Waals surface area contributed by atoms with Crippen LogP contribution in [0.25, 0.3) is 0 Å². The molecular weight excluding hydrogens is 268 g/mol. The molecule has 0 amide bonds. The third kappa shape index (κ3) is 10.9. The van der Waals surface area contributed by atoms with Gasteiger partial charge in [-0.25, -0.2) is 0 Å². The third-order valence-electron chi connectivity index (χ3n) is 3.16. The molecule has 5 nitrogen and oxygen atoms in total. The number of rotatable bonds is 10. The van der Waals surface area contributed by atoms with Crippen LogP contribution in [0.15, 0.2) is 0 Å². The molecule has 0 heterocycles. The number of carbonyl (C=O) groups excluding carboxylic acids is 1. The van der Waals surface area contributed by atoms with Gasteiger partial charge < -0.3 is 4.74 Å². The molecule has 0 radical (unpaired) electrons. The topological polar surface area (TPSA) is 80.7 Å². The van der Waals surface area contributed by atoms with Crippen molar-refractivity contribution in [2.75, 3.05) is 12.4 Å². The van der Waals surface area contributed by atoms with Gasteiger partial charge in [-0.15, -0.1) is 0 Å². The maximum atomic E-state index is 11.3. The average Bonchev–Trinajstić information content (AvgIpc) is 2.25. The van der Waals surface area contributed by atoms with Gasteiger partial charge in [0, 0.05) is 6.42 Å². The minimum Gasteiger partial charge on any atom is -0.464 e. The van der Waals surface area contributed by atoms with Crippen molar-refractivity contribution in [3.05, 3.63) is 0 Å². The van der Waals surface area contributed by atoms with E-state index in [4.69, 9.17) is 9.29 Å². The Morgan fingerprint density at radius 2 is 1.89 bits per heavy atom. The van der Waals surface area contributed by atoms with E-state index in [1.807, 2.05) is 0 Å². The van der Waals surface area contributed by atoms with Gasteiger partial charge in [-0.2, -0.15) is 8.42 Å². The highest BCUT2D eigenvalue weighted by atomic mass is 32.2. The summed E-state index contributed by atoms with van der Waals surface area (Å²) in [5, 5.41) is 0. The smallest absolute Gasteiger partial charge is 0.305 e. The van der Waals surface area contributed by atoms with Crippen molar-refractivity contribution in [1.82, 2.24) is 0 Å². The lowest BCUT2D eigenvalue weighted by Crippen LogP contribution is -2.15. The standard InChI is InChI=1S/C13H26O5S/c1-4-6-12(11(2)3)7-5-8-13(14)18-9-10-19(15,16)17/h11-12H,4-10H2,1-3H3,(H,15,16,17). The first-order valence-corrected chi connectivity index (χ1v) is 8.48. The molecule has 0 saturated heterocycles. The van der Waals surface area contributed by atoms with Crippen LogP contribution in [0.5, 0.6) is 0 Å². The molecule has 0 aromatic heterocycles. The van der Waals surface area contributed by atoms with E-state index in [2.05, 4.69) is 20.8 Å². The molecule has 1 N–H and O–H groups in total. The van der Waals surface area contributed by atoms with Crippen molar-refractivity contribution in [3.63, 3.8) is 0 Å². The number of esters is 1. The molecule has 1 unspecified atom stereocenters. The summed E-state index contributed by atoms with van der Waals surface area (Å²) in [6.45, 7) is 6.24. The quantitative estimate of drug-likeness (QED) is 0.495. The molecule has 0 aliphatic carbocycles. The highest BCUT2D eigenvalue weighted by molar-refractivity contribution is 7.85. The summed E-state index contributed by atoms with van der Waals surface area (Å²) in [5.74, 6) is 0.289. The molecule has 0 bridgehead atoms. The minimum absolute atomic E-state index is 0.278. The van der Waals surface area contributed by atoms with Crippen LogP contribution in [-0.4, -0.2) is 31.3 Å². The van der Waals surface area contributed by atoms with Crippen LogP contribution in [-0.2, 0) is 19.6 Å². The molecule has 6 heteroatoms. The summed E-state index contributed by atoms with van der Waals surface area (Å²) >= 11 is 0. The first-order chi connectivity index (χ1) is 8.76. The zero-order chi connectivity index (χ0) is 14.9. The Hall–Kier alpha value is -0.620. The Morgan fingerprint density at radius 1 is 1.26 bits per heavy atom. The molecule has 114 valence electrons. The molecule has 0 aliphatic heterocycles. The van der Waals surface area contributed by atoms with Crippen LogP contribution >= 0.6 is 0 Å². The Balaban J connectivity index is 3.78. The third-order valence-corrected chi connectivity index (χ3v) is 3.85. The Morgan fingerprint density at radius 3 is 2.37 bits per heavy atom. The van der Waals surface area contributed by atoms with Gasteiger partial charge >= 0.3 is 5.97 Å². The maximum absolute atomic E-state index is 11.3. The van der Waals surface area contributed by atoms with Crippen LogP contribution in [0.2, 0.25) is 0 Å². The molecule has 0 saturated carbocycles. The summed E-state index contributed by atoms with van der Waals surface area (Å²) in [4.78, 5) is 11.3.